The van der Waals surface area contributed by atoms with E-state index >= 15 is 0 Å². The Labute approximate surface area is 205 Å². The third-order valence-electron chi connectivity index (χ3n) is 6.24. The minimum atomic E-state index is -0.414. The summed E-state index contributed by atoms with van der Waals surface area (Å²) in [5, 5.41) is 13.4. The molecule has 0 spiro atoms. The van der Waals surface area contributed by atoms with Crippen LogP contribution in [0.15, 0.2) is 39.1 Å². The number of rotatable bonds is 10. The summed E-state index contributed by atoms with van der Waals surface area (Å²) < 4.78 is 12.7. The van der Waals surface area contributed by atoms with Crippen molar-refractivity contribution in [3.8, 4) is 17.6 Å². The van der Waals surface area contributed by atoms with Crippen molar-refractivity contribution in [1.82, 2.24) is 5.32 Å². The van der Waals surface area contributed by atoms with E-state index < -0.39 is 5.92 Å². The number of allylic oxidation sites excluding steroid dienone is 4. The van der Waals surface area contributed by atoms with Gasteiger partial charge in [0, 0.05) is 23.4 Å². The Hall–Kier alpha value is -2.30. The van der Waals surface area contributed by atoms with Gasteiger partial charge in [-0.15, -0.1) is 0 Å². The SMILES string of the molecule is CCCC1CC(=O)C2=C(C1)NC(C)=C(C#N)C2c1cc(Br)c(OCCCCN)c(OCC)c1. The molecule has 1 aromatic rings. The fourth-order valence-corrected chi connectivity index (χ4v) is 5.37. The molecule has 3 N–H and O–H groups in total. The molecule has 0 amide bonds. The molecule has 3 rings (SSSR count). The van der Waals surface area contributed by atoms with Gasteiger partial charge in [0.05, 0.1) is 35.2 Å². The van der Waals surface area contributed by atoms with Crippen molar-refractivity contribution < 1.29 is 14.3 Å². The molecule has 0 radical (unpaired) electrons. The number of nitrogens with zero attached hydrogens (tertiary/aromatic N) is 1. The quantitative estimate of drug-likeness (QED) is 0.400. The van der Waals surface area contributed by atoms with Gasteiger partial charge in [-0.25, -0.2) is 0 Å². The molecule has 1 aliphatic carbocycles. The van der Waals surface area contributed by atoms with Crippen LogP contribution in [-0.4, -0.2) is 25.5 Å². The third-order valence-corrected chi connectivity index (χ3v) is 6.83. The van der Waals surface area contributed by atoms with Crippen molar-refractivity contribution in [3.05, 3.63) is 44.7 Å². The summed E-state index contributed by atoms with van der Waals surface area (Å²) >= 11 is 3.65. The molecule has 0 fully saturated rings. The van der Waals surface area contributed by atoms with Crippen molar-refractivity contribution in [2.45, 2.75) is 65.2 Å². The topological polar surface area (TPSA) is 97.4 Å². The van der Waals surface area contributed by atoms with Crippen LogP contribution in [-0.2, 0) is 4.79 Å². The van der Waals surface area contributed by atoms with Gasteiger partial charge in [0.2, 0.25) is 0 Å². The van der Waals surface area contributed by atoms with Crippen LogP contribution in [0.2, 0.25) is 0 Å². The second kappa shape index (κ2) is 11.7. The minimum Gasteiger partial charge on any atom is -0.490 e. The van der Waals surface area contributed by atoms with Gasteiger partial charge in [-0.3, -0.25) is 4.79 Å². The van der Waals surface area contributed by atoms with E-state index in [2.05, 4.69) is 34.2 Å². The standard InChI is InChI=1S/C26H34BrN3O3/c1-4-8-17-11-21-25(22(31)12-17)24(19(15-29)16(3)30-21)18-13-20(27)26(23(14-18)32-5-2)33-10-7-6-9-28/h13-14,17,24,30H,4-12,28H2,1-3H3. The number of benzene rings is 1. The van der Waals surface area contributed by atoms with Crippen LogP contribution in [0.5, 0.6) is 11.5 Å². The van der Waals surface area contributed by atoms with E-state index in [1.54, 1.807) is 0 Å². The highest BCUT2D eigenvalue weighted by Gasteiger charge is 2.39. The van der Waals surface area contributed by atoms with Gasteiger partial charge in [-0.05, 0) is 85.6 Å². The molecule has 2 aliphatic rings. The predicted octanol–water partition coefficient (Wildman–Crippen LogP) is 5.48. The Balaban J connectivity index is 2.05. The molecular formula is C26H34BrN3O3. The largest absolute Gasteiger partial charge is 0.490 e. The summed E-state index contributed by atoms with van der Waals surface area (Å²) in [6, 6.07) is 6.23. The lowest BCUT2D eigenvalue weighted by Crippen LogP contribution is -2.34. The highest BCUT2D eigenvalue weighted by atomic mass is 79.9. The van der Waals surface area contributed by atoms with Crippen LogP contribution in [0.1, 0.15) is 70.8 Å². The summed E-state index contributed by atoms with van der Waals surface area (Å²) in [7, 11) is 0. The van der Waals surface area contributed by atoms with E-state index in [1.165, 1.54) is 0 Å². The van der Waals surface area contributed by atoms with Crippen molar-refractivity contribution in [1.29, 1.82) is 5.26 Å². The Morgan fingerprint density at radius 2 is 2.03 bits per heavy atom. The van der Waals surface area contributed by atoms with Crippen LogP contribution in [0.3, 0.4) is 0 Å². The number of unbranched alkanes of at least 4 members (excludes halogenated alkanes) is 1. The molecule has 7 heteroatoms. The van der Waals surface area contributed by atoms with E-state index in [9.17, 15) is 10.1 Å². The van der Waals surface area contributed by atoms with Crippen LogP contribution in [0.25, 0.3) is 0 Å². The normalized spacial score (nSPS) is 20.3. The second-order valence-corrected chi connectivity index (χ2v) is 9.55. The first-order valence-corrected chi connectivity index (χ1v) is 12.7. The molecule has 2 unspecified atom stereocenters. The number of nitrogens with one attached hydrogen (secondary N) is 1. The molecule has 6 nitrogen and oxygen atoms in total. The average Bonchev–Trinajstić information content (AvgIpc) is 2.77. The zero-order valence-electron chi connectivity index (χ0n) is 19.8. The smallest absolute Gasteiger partial charge is 0.175 e. The molecule has 0 saturated heterocycles. The maximum absolute atomic E-state index is 13.3. The molecule has 1 aromatic carbocycles. The van der Waals surface area contributed by atoms with Crippen LogP contribution < -0.4 is 20.5 Å². The van der Waals surface area contributed by atoms with E-state index in [4.69, 9.17) is 15.2 Å². The van der Waals surface area contributed by atoms with Gasteiger partial charge >= 0.3 is 0 Å². The molecule has 0 saturated carbocycles. The molecular weight excluding hydrogens is 482 g/mol. The van der Waals surface area contributed by atoms with E-state index in [0.29, 0.717) is 49.2 Å². The zero-order chi connectivity index (χ0) is 24.0. The molecule has 1 heterocycles. The van der Waals surface area contributed by atoms with E-state index in [-0.39, 0.29) is 5.78 Å². The number of dihydropyridines is 1. The monoisotopic (exact) mass is 515 g/mol. The summed E-state index contributed by atoms with van der Waals surface area (Å²) in [5.41, 5.74) is 9.50. The van der Waals surface area contributed by atoms with Crippen LogP contribution in [0, 0.1) is 17.2 Å². The Morgan fingerprint density at radius 1 is 1.24 bits per heavy atom. The highest BCUT2D eigenvalue weighted by molar-refractivity contribution is 9.10. The molecule has 0 bridgehead atoms. The number of hydrogen-bond acceptors (Lipinski definition) is 6. The number of ketones is 1. The number of halogens is 1. The maximum atomic E-state index is 13.3. The first kappa shape index (κ1) is 25.3. The highest BCUT2D eigenvalue weighted by Crippen LogP contribution is 2.47. The summed E-state index contributed by atoms with van der Waals surface area (Å²) in [4.78, 5) is 13.3. The first-order valence-electron chi connectivity index (χ1n) is 11.9. The van der Waals surface area contributed by atoms with Gasteiger partial charge in [0.1, 0.15) is 0 Å². The van der Waals surface area contributed by atoms with Crippen molar-refractivity contribution in [2.24, 2.45) is 11.7 Å². The zero-order valence-corrected chi connectivity index (χ0v) is 21.4. The van der Waals surface area contributed by atoms with Gasteiger partial charge in [0.15, 0.2) is 17.3 Å². The lowest BCUT2D eigenvalue weighted by atomic mass is 9.72. The minimum absolute atomic E-state index is 0.128. The first-order chi connectivity index (χ1) is 15.9. The lowest BCUT2D eigenvalue weighted by molar-refractivity contribution is -0.117. The van der Waals surface area contributed by atoms with Gasteiger partial charge in [-0.1, -0.05) is 13.3 Å². The Morgan fingerprint density at radius 3 is 2.70 bits per heavy atom. The lowest BCUT2D eigenvalue weighted by Gasteiger charge is -2.35. The van der Waals surface area contributed by atoms with Gasteiger partial charge in [0.25, 0.3) is 0 Å². The fraction of sp³-hybridized carbons (Fsp3) is 0.538. The number of carbonyl (C=O) groups is 1. The average molecular weight is 516 g/mol. The second-order valence-electron chi connectivity index (χ2n) is 8.69. The maximum Gasteiger partial charge on any atom is 0.175 e. The predicted molar refractivity (Wildman–Crippen MR) is 133 cm³/mol. The fourth-order valence-electron chi connectivity index (χ4n) is 4.79. The summed E-state index contributed by atoms with van der Waals surface area (Å²) in [5.74, 6) is 1.31. The number of Topliss-reactive ketones (excluding diaryl/α,β-unsaturated/α-hetero) is 1. The molecule has 178 valence electrons. The van der Waals surface area contributed by atoms with Gasteiger partial charge in [-0.2, -0.15) is 5.26 Å². The van der Waals surface area contributed by atoms with E-state index in [1.807, 2.05) is 26.0 Å². The van der Waals surface area contributed by atoms with Crippen LogP contribution >= 0.6 is 15.9 Å². The number of nitrogens with two attached hydrogens (primary N) is 1. The van der Waals surface area contributed by atoms with Crippen molar-refractivity contribution in [3.63, 3.8) is 0 Å². The number of hydrogen-bond donors (Lipinski definition) is 2. The van der Waals surface area contributed by atoms with Crippen LogP contribution in [0.4, 0.5) is 0 Å². The molecule has 33 heavy (non-hydrogen) atoms. The number of ether oxygens (including phenoxy) is 2. The number of carbonyl (C=O) groups excluding carboxylic acids is 1. The molecule has 2 atom stereocenters. The Kier molecular flexibility index (Phi) is 8.99. The summed E-state index contributed by atoms with van der Waals surface area (Å²) in [6.45, 7) is 7.63. The van der Waals surface area contributed by atoms with E-state index in [0.717, 1.165) is 59.1 Å². The van der Waals surface area contributed by atoms with Gasteiger partial charge < -0.3 is 20.5 Å². The molecule has 1 aliphatic heterocycles. The Bertz CT molecular complexity index is 993. The van der Waals surface area contributed by atoms with Crippen molar-refractivity contribution >= 4 is 21.7 Å². The van der Waals surface area contributed by atoms with Crippen molar-refractivity contribution in [2.75, 3.05) is 19.8 Å². The third kappa shape index (κ3) is 5.62. The summed E-state index contributed by atoms with van der Waals surface area (Å²) in [6.07, 6.45) is 5.20. The number of nitriles is 1. The molecule has 0 aromatic heterocycles.